The number of hydrogen-bond donors (Lipinski definition) is 0. The molecule has 0 atom stereocenters. The molecule has 3 heteroatoms. The van der Waals surface area contributed by atoms with Crippen molar-refractivity contribution in [2.24, 2.45) is 0 Å². The average molecular weight is 181 g/mol. The molecule has 0 spiro atoms. The summed E-state index contributed by atoms with van der Waals surface area (Å²) in [6.07, 6.45) is 0. The Morgan fingerprint density at radius 3 is 2.82 bits per heavy atom. The van der Waals surface area contributed by atoms with Crippen LogP contribution in [0.15, 0.2) is 22.2 Å². The van der Waals surface area contributed by atoms with Crippen LogP contribution in [0.25, 0.3) is 10.6 Å². The zero-order valence-corrected chi connectivity index (χ0v) is 7.71. The molecule has 0 aliphatic carbocycles. The van der Waals surface area contributed by atoms with Gasteiger partial charge in [0.25, 0.3) is 0 Å². The van der Waals surface area contributed by atoms with E-state index in [2.05, 4.69) is 27.2 Å². The minimum Gasteiger partial charge on any atom is -0.241 e. The lowest BCUT2D eigenvalue weighted by Gasteiger charge is -1.85. The van der Waals surface area contributed by atoms with Gasteiger partial charge in [-0.25, -0.2) is 4.98 Å². The summed E-state index contributed by atoms with van der Waals surface area (Å²) in [6, 6.07) is 2.10. The van der Waals surface area contributed by atoms with E-state index in [1.807, 2.05) is 6.92 Å². The van der Waals surface area contributed by atoms with E-state index in [9.17, 15) is 0 Å². The maximum Gasteiger partial charge on any atom is 0.124 e. The van der Waals surface area contributed by atoms with Crippen molar-refractivity contribution in [2.75, 3.05) is 0 Å². The molecule has 0 fully saturated rings. The Morgan fingerprint density at radius 1 is 1.36 bits per heavy atom. The van der Waals surface area contributed by atoms with Crippen LogP contribution in [-0.2, 0) is 0 Å². The van der Waals surface area contributed by atoms with Gasteiger partial charge >= 0.3 is 0 Å². The van der Waals surface area contributed by atoms with Gasteiger partial charge in [0.15, 0.2) is 0 Å². The Morgan fingerprint density at radius 2 is 2.27 bits per heavy atom. The first-order valence-electron chi connectivity index (χ1n) is 3.31. The normalized spacial score (nSPS) is 10.3. The second kappa shape index (κ2) is 2.75. The summed E-state index contributed by atoms with van der Waals surface area (Å²) in [4.78, 5) is 4.38. The lowest BCUT2D eigenvalue weighted by Crippen LogP contribution is -1.71. The van der Waals surface area contributed by atoms with Crippen molar-refractivity contribution in [3.8, 4) is 10.6 Å². The van der Waals surface area contributed by atoms with Crippen molar-refractivity contribution in [3.05, 3.63) is 27.9 Å². The van der Waals surface area contributed by atoms with Crippen LogP contribution >= 0.6 is 22.7 Å². The Hall–Kier alpha value is -0.670. The minimum absolute atomic E-state index is 1.11. The third-order valence-electron chi connectivity index (χ3n) is 1.39. The summed E-state index contributed by atoms with van der Waals surface area (Å²) >= 11 is 3.41. The van der Waals surface area contributed by atoms with E-state index in [-0.39, 0.29) is 0 Å². The molecular weight excluding hydrogens is 174 g/mol. The maximum atomic E-state index is 4.38. The topological polar surface area (TPSA) is 12.9 Å². The number of thiazole rings is 1. The molecule has 1 nitrogen and oxygen atoms in total. The number of hydrogen-bond acceptors (Lipinski definition) is 3. The van der Waals surface area contributed by atoms with E-state index in [4.69, 9.17) is 0 Å². The molecule has 11 heavy (non-hydrogen) atoms. The highest BCUT2D eigenvalue weighted by Gasteiger charge is 2.00. The van der Waals surface area contributed by atoms with E-state index in [0.717, 1.165) is 10.7 Å². The standard InChI is InChI=1S/C8H7NS2/c1-6-4-11-8(9-6)7-2-3-10-5-7/h2-5H,1H3. The smallest absolute Gasteiger partial charge is 0.124 e. The van der Waals surface area contributed by atoms with Crippen molar-refractivity contribution in [2.45, 2.75) is 6.92 Å². The molecule has 2 rings (SSSR count). The Bertz CT molecular complexity index is 335. The molecule has 2 aromatic heterocycles. The van der Waals surface area contributed by atoms with Crippen LogP contribution in [0.5, 0.6) is 0 Å². The first kappa shape index (κ1) is 7.00. The largest absolute Gasteiger partial charge is 0.241 e. The van der Waals surface area contributed by atoms with Crippen LogP contribution in [0.2, 0.25) is 0 Å². The second-order valence-corrected chi connectivity index (χ2v) is 3.94. The van der Waals surface area contributed by atoms with E-state index < -0.39 is 0 Å². The zero-order valence-electron chi connectivity index (χ0n) is 6.07. The van der Waals surface area contributed by atoms with Crippen molar-refractivity contribution in [3.63, 3.8) is 0 Å². The first-order chi connectivity index (χ1) is 5.36. The summed E-state index contributed by atoms with van der Waals surface area (Å²) in [6.45, 7) is 2.02. The van der Waals surface area contributed by atoms with Gasteiger partial charge in [0.1, 0.15) is 5.01 Å². The van der Waals surface area contributed by atoms with Crippen LogP contribution in [0.1, 0.15) is 5.69 Å². The Labute approximate surface area is 73.4 Å². The molecule has 0 aromatic carbocycles. The van der Waals surface area contributed by atoms with Gasteiger partial charge in [0.05, 0.1) is 0 Å². The van der Waals surface area contributed by atoms with Crippen LogP contribution in [-0.4, -0.2) is 4.98 Å². The fraction of sp³-hybridized carbons (Fsp3) is 0.125. The highest BCUT2D eigenvalue weighted by atomic mass is 32.1. The Kier molecular flexibility index (Phi) is 1.75. The van der Waals surface area contributed by atoms with Crippen molar-refractivity contribution in [1.29, 1.82) is 0 Å². The molecule has 2 aromatic rings. The molecule has 0 unspecified atom stereocenters. The summed E-state index contributed by atoms with van der Waals surface area (Å²) in [5.41, 5.74) is 2.35. The van der Waals surface area contributed by atoms with E-state index in [1.165, 1.54) is 5.56 Å². The lowest BCUT2D eigenvalue weighted by atomic mass is 10.4. The third kappa shape index (κ3) is 1.34. The monoisotopic (exact) mass is 181 g/mol. The van der Waals surface area contributed by atoms with Crippen LogP contribution in [0.4, 0.5) is 0 Å². The Balaban J connectivity index is 2.45. The summed E-state index contributed by atoms with van der Waals surface area (Å²) < 4.78 is 0. The molecule has 2 heterocycles. The minimum atomic E-state index is 1.11. The van der Waals surface area contributed by atoms with Gasteiger partial charge in [-0.15, -0.1) is 11.3 Å². The molecule has 0 saturated heterocycles. The fourth-order valence-electron chi connectivity index (χ4n) is 0.873. The second-order valence-electron chi connectivity index (χ2n) is 2.31. The van der Waals surface area contributed by atoms with E-state index in [0.29, 0.717) is 0 Å². The van der Waals surface area contributed by atoms with Crippen molar-refractivity contribution < 1.29 is 0 Å². The van der Waals surface area contributed by atoms with Gasteiger partial charge in [-0.1, -0.05) is 0 Å². The number of aryl methyl sites for hydroxylation is 1. The average Bonchev–Trinajstić information content (AvgIpc) is 2.55. The highest BCUT2D eigenvalue weighted by molar-refractivity contribution is 7.14. The van der Waals surface area contributed by atoms with Gasteiger partial charge in [-0.3, -0.25) is 0 Å². The molecule has 0 aliphatic rings. The molecule has 0 bridgehead atoms. The molecule has 0 aliphatic heterocycles. The van der Waals surface area contributed by atoms with Crippen LogP contribution < -0.4 is 0 Å². The number of thiophene rings is 1. The predicted octanol–water partition coefficient (Wildman–Crippen LogP) is 3.18. The molecule has 0 saturated carbocycles. The molecule has 0 radical (unpaired) electrons. The lowest BCUT2D eigenvalue weighted by molar-refractivity contribution is 1.27. The summed E-state index contributed by atoms with van der Waals surface area (Å²) in [7, 11) is 0. The van der Waals surface area contributed by atoms with Gasteiger partial charge in [0, 0.05) is 22.0 Å². The number of rotatable bonds is 1. The van der Waals surface area contributed by atoms with Crippen LogP contribution in [0, 0.1) is 6.92 Å². The van der Waals surface area contributed by atoms with Gasteiger partial charge in [0.2, 0.25) is 0 Å². The quantitative estimate of drug-likeness (QED) is 0.658. The molecule has 56 valence electrons. The van der Waals surface area contributed by atoms with Gasteiger partial charge in [-0.05, 0) is 18.4 Å². The molecular formula is C8H7NS2. The van der Waals surface area contributed by atoms with E-state index in [1.54, 1.807) is 22.7 Å². The fourth-order valence-corrected chi connectivity index (χ4v) is 2.38. The zero-order chi connectivity index (χ0) is 7.68. The SMILES string of the molecule is Cc1csc(-c2ccsc2)n1. The van der Waals surface area contributed by atoms with Crippen molar-refractivity contribution >= 4 is 22.7 Å². The molecule has 0 N–H and O–H groups in total. The van der Waals surface area contributed by atoms with Crippen molar-refractivity contribution in [1.82, 2.24) is 4.98 Å². The molecule has 0 amide bonds. The predicted molar refractivity (Wildman–Crippen MR) is 50.2 cm³/mol. The summed E-state index contributed by atoms with van der Waals surface area (Å²) in [5, 5.41) is 7.40. The van der Waals surface area contributed by atoms with Gasteiger partial charge in [-0.2, -0.15) is 11.3 Å². The van der Waals surface area contributed by atoms with Gasteiger partial charge < -0.3 is 0 Å². The maximum absolute atomic E-state index is 4.38. The highest BCUT2D eigenvalue weighted by Crippen LogP contribution is 2.24. The number of aromatic nitrogens is 1. The summed E-state index contributed by atoms with van der Waals surface area (Å²) in [5.74, 6) is 0. The third-order valence-corrected chi connectivity index (χ3v) is 3.08. The van der Waals surface area contributed by atoms with Crippen LogP contribution in [0.3, 0.4) is 0 Å². The first-order valence-corrected chi connectivity index (χ1v) is 5.13. The number of nitrogens with zero attached hydrogens (tertiary/aromatic N) is 1. The van der Waals surface area contributed by atoms with E-state index >= 15 is 0 Å².